The van der Waals surface area contributed by atoms with E-state index >= 15 is 0 Å². The van der Waals surface area contributed by atoms with Crippen molar-refractivity contribution in [3.05, 3.63) is 58.7 Å². The number of hydrogen-bond acceptors (Lipinski definition) is 5. The number of halogens is 3. The summed E-state index contributed by atoms with van der Waals surface area (Å²) in [6.07, 6.45) is 3.63. The monoisotopic (exact) mass is 406 g/mol. The number of hydrogen-bond donors (Lipinski definition) is 1. The Kier molecular flexibility index (Phi) is 4.87. The lowest BCUT2D eigenvalue weighted by atomic mass is 10.1. The van der Waals surface area contributed by atoms with Gasteiger partial charge >= 0.3 is 5.91 Å². The Morgan fingerprint density at radius 1 is 1.14 bits per heavy atom. The summed E-state index contributed by atoms with van der Waals surface area (Å²) in [7, 11) is 0. The number of fused-ring (bicyclic) bond motifs is 4. The van der Waals surface area contributed by atoms with E-state index in [2.05, 4.69) is 5.32 Å². The maximum absolute atomic E-state index is 13.7. The molecule has 0 radical (unpaired) electrons. The lowest BCUT2D eigenvalue weighted by Crippen LogP contribution is -2.55. The molecule has 4 rings (SSSR count). The minimum absolute atomic E-state index is 0.141. The number of rotatable bonds is 3. The van der Waals surface area contributed by atoms with E-state index in [1.807, 2.05) is 4.90 Å². The van der Waals surface area contributed by atoms with Crippen molar-refractivity contribution in [2.75, 3.05) is 19.8 Å². The maximum Gasteiger partial charge on any atom is 0.310 e. The van der Waals surface area contributed by atoms with Gasteiger partial charge in [0.1, 0.15) is 17.5 Å². The molecule has 1 atom stereocenters. The van der Waals surface area contributed by atoms with E-state index in [9.17, 15) is 27.6 Å². The molecule has 10 heteroatoms. The molecule has 1 unspecified atom stereocenters. The zero-order chi connectivity index (χ0) is 20.7. The average molecular weight is 406 g/mol. The Morgan fingerprint density at radius 2 is 1.86 bits per heavy atom. The molecular weight excluding hydrogens is 389 g/mol. The minimum atomic E-state index is -1.09. The van der Waals surface area contributed by atoms with Crippen LogP contribution in [-0.4, -0.2) is 52.3 Å². The summed E-state index contributed by atoms with van der Waals surface area (Å²) in [5, 5.41) is 5.17. The van der Waals surface area contributed by atoms with Gasteiger partial charge in [0.25, 0.3) is 0 Å². The highest BCUT2D eigenvalue weighted by Gasteiger charge is 2.38. The van der Waals surface area contributed by atoms with Crippen LogP contribution in [0, 0.1) is 17.5 Å². The van der Waals surface area contributed by atoms with Gasteiger partial charge in [0.15, 0.2) is 0 Å². The smallest absolute Gasteiger partial charge is 0.310 e. The summed E-state index contributed by atoms with van der Waals surface area (Å²) < 4.78 is 40.5. The summed E-state index contributed by atoms with van der Waals surface area (Å²) in [5.74, 6) is -4.95. The third-order valence-electron chi connectivity index (χ3n) is 5.06. The van der Waals surface area contributed by atoms with Crippen LogP contribution in [0.3, 0.4) is 0 Å². The van der Waals surface area contributed by atoms with Crippen LogP contribution in [0.25, 0.3) is 0 Å². The molecule has 2 saturated heterocycles. The first-order chi connectivity index (χ1) is 13.8. The van der Waals surface area contributed by atoms with Gasteiger partial charge in [-0.2, -0.15) is 0 Å². The number of carbonyl (C=O) groups excluding carboxylic acids is 3. The Balaban J connectivity index is 1.50. The molecule has 7 nitrogen and oxygen atoms in total. The predicted molar refractivity (Wildman–Crippen MR) is 93.7 cm³/mol. The van der Waals surface area contributed by atoms with Crippen LogP contribution >= 0.6 is 0 Å². The van der Waals surface area contributed by atoms with Gasteiger partial charge in [-0.1, -0.05) is 6.08 Å². The van der Waals surface area contributed by atoms with Crippen molar-refractivity contribution in [1.82, 2.24) is 20.2 Å². The number of nitrogens with one attached hydrogen (secondary N) is 1. The Hall–Kier alpha value is -3.14. The lowest BCUT2D eigenvalue weighted by Gasteiger charge is -2.44. The molecule has 29 heavy (non-hydrogen) atoms. The van der Waals surface area contributed by atoms with Crippen LogP contribution in [0.1, 0.15) is 18.4 Å². The van der Waals surface area contributed by atoms with Gasteiger partial charge in [-0.25, -0.2) is 18.2 Å². The zero-order valence-corrected chi connectivity index (χ0v) is 15.3. The van der Waals surface area contributed by atoms with Gasteiger partial charge in [0, 0.05) is 55.5 Å². The Bertz CT molecular complexity index is 952. The number of ketones is 1. The number of allylic oxidation sites excluding steroid dienone is 1. The largest absolute Gasteiger partial charge is 0.348 e. The van der Waals surface area contributed by atoms with Crippen LogP contribution in [0.2, 0.25) is 0 Å². The van der Waals surface area contributed by atoms with Crippen molar-refractivity contribution in [3.8, 4) is 0 Å². The van der Waals surface area contributed by atoms with E-state index < -0.39 is 47.2 Å². The number of nitrogens with zero attached hydrogens (tertiary/aromatic N) is 3. The quantitative estimate of drug-likeness (QED) is 0.764. The molecule has 1 aromatic rings. The number of Topliss-reactive ketones (excluding diaryl/α,β-unsaturated/α-hetero) is 1. The highest BCUT2D eigenvalue weighted by molar-refractivity contribution is 6.36. The van der Waals surface area contributed by atoms with E-state index in [0.717, 1.165) is 5.70 Å². The standard InChI is InChI=1S/C19H17F3N4O3/c20-12-5-15(21)14(16(22)6-12)7-23-18(28)11-1-2-13-9-24-4-3-17(27)19(29)26(10-24)25(13)8-11/h2,5-6,8H,1,3-4,7,9-10H2,(H,23,28). The van der Waals surface area contributed by atoms with E-state index in [1.54, 1.807) is 6.08 Å². The van der Waals surface area contributed by atoms with Gasteiger partial charge in [0.05, 0.1) is 12.4 Å². The Labute approximate surface area is 164 Å². The van der Waals surface area contributed by atoms with Gasteiger partial charge in [0.2, 0.25) is 11.7 Å². The number of benzene rings is 1. The lowest BCUT2D eigenvalue weighted by molar-refractivity contribution is -0.155. The summed E-state index contributed by atoms with van der Waals surface area (Å²) >= 11 is 0. The SMILES string of the molecule is O=C1CCN2CC3=CCC(C(=O)NCc4c(F)cc(F)cc4F)=CN3N(C2)C1=O. The van der Waals surface area contributed by atoms with Crippen molar-refractivity contribution in [2.24, 2.45) is 0 Å². The van der Waals surface area contributed by atoms with Gasteiger partial charge < -0.3 is 5.32 Å². The first-order valence-corrected chi connectivity index (χ1v) is 9.01. The molecule has 1 aromatic carbocycles. The second-order valence-electron chi connectivity index (χ2n) is 7.00. The van der Waals surface area contributed by atoms with Crippen LogP contribution < -0.4 is 5.32 Å². The molecule has 0 spiro atoms. The minimum Gasteiger partial charge on any atom is -0.348 e. The third-order valence-corrected chi connectivity index (χ3v) is 5.06. The van der Waals surface area contributed by atoms with Crippen molar-refractivity contribution in [1.29, 1.82) is 0 Å². The molecule has 0 saturated carbocycles. The highest BCUT2D eigenvalue weighted by atomic mass is 19.1. The fraction of sp³-hybridized carbons (Fsp3) is 0.316. The summed E-state index contributed by atoms with van der Waals surface area (Å²) in [6, 6.07) is 1.09. The van der Waals surface area contributed by atoms with E-state index in [4.69, 9.17) is 0 Å². The molecular formula is C19H17F3N4O3. The molecule has 1 N–H and O–H groups in total. The van der Waals surface area contributed by atoms with Crippen LogP contribution in [0.4, 0.5) is 13.2 Å². The molecule has 0 aromatic heterocycles. The van der Waals surface area contributed by atoms with Crippen molar-refractivity contribution >= 4 is 17.6 Å². The van der Waals surface area contributed by atoms with Gasteiger partial charge in [-0.05, 0) is 6.42 Å². The maximum atomic E-state index is 13.7. The van der Waals surface area contributed by atoms with E-state index in [-0.39, 0.29) is 25.1 Å². The summed E-state index contributed by atoms with van der Waals surface area (Å²) in [4.78, 5) is 38.7. The highest BCUT2D eigenvalue weighted by Crippen LogP contribution is 2.27. The number of amides is 2. The molecule has 3 aliphatic heterocycles. The fourth-order valence-electron chi connectivity index (χ4n) is 3.50. The summed E-state index contributed by atoms with van der Waals surface area (Å²) in [5.41, 5.74) is 0.579. The molecule has 2 bridgehead atoms. The van der Waals surface area contributed by atoms with Crippen LogP contribution in [-0.2, 0) is 20.9 Å². The predicted octanol–water partition coefficient (Wildman–Crippen LogP) is 1.18. The summed E-state index contributed by atoms with van der Waals surface area (Å²) in [6.45, 7) is 0.797. The zero-order valence-electron chi connectivity index (χ0n) is 15.3. The first kappa shape index (κ1) is 19.2. The first-order valence-electron chi connectivity index (χ1n) is 9.01. The second kappa shape index (κ2) is 7.36. The van der Waals surface area contributed by atoms with Crippen molar-refractivity contribution in [3.63, 3.8) is 0 Å². The second-order valence-corrected chi connectivity index (χ2v) is 7.00. The molecule has 3 heterocycles. The van der Waals surface area contributed by atoms with Crippen LogP contribution in [0.5, 0.6) is 0 Å². The van der Waals surface area contributed by atoms with Crippen molar-refractivity contribution < 1.29 is 27.6 Å². The number of carbonyl (C=O) groups is 3. The molecule has 152 valence electrons. The molecule has 2 amide bonds. The third kappa shape index (κ3) is 3.63. The van der Waals surface area contributed by atoms with Gasteiger partial charge in [-0.3, -0.25) is 24.3 Å². The molecule has 2 fully saturated rings. The average Bonchev–Trinajstić information content (AvgIpc) is 2.79. The van der Waals surface area contributed by atoms with Crippen LogP contribution in [0.15, 0.2) is 35.7 Å². The van der Waals surface area contributed by atoms with Crippen molar-refractivity contribution in [2.45, 2.75) is 19.4 Å². The molecule has 0 aliphatic carbocycles. The molecule has 3 aliphatic rings. The number of hydrazine groups is 1. The normalized spacial score (nSPS) is 21.3. The topological polar surface area (TPSA) is 73.0 Å². The Morgan fingerprint density at radius 3 is 2.59 bits per heavy atom. The van der Waals surface area contributed by atoms with E-state index in [1.165, 1.54) is 16.2 Å². The van der Waals surface area contributed by atoms with E-state index in [0.29, 0.717) is 25.2 Å². The van der Waals surface area contributed by atoms with Gasteiger partial charge in [-0.15, -0.1) is 0 Å². The fourth-order valence-corrected chi connectivity index (χ4v) is 3.50.